The van der Waals surface area contributed by atoms with Gasteiger partial charge in [-0.1, -0.05) is 39.5 Å². The topological polar surface area (TPSA) is 0 Å². The Labute approximate surface area is 164 Å². The SMILES string of the molecule is CCCC1CCC2CC(c3c(F)cc4c(c3F)CCC(CC)C4)CCC2C1. The minimum Gasteiger partial charge on any atom is -0.207 e. The monoisotopic (exact) mass is 374 g/mol. The zero-order valence-electron chi connectivity index (χ0n) is 17.2. The van der Waals surface area contributed by atoms with E-state index in [0.717, 1.165) is 61.5 Å². The Balaban J connectivity index is 1.52. The minimum absolute atomic E-state index is 0.100. The van der Waals surface area contributed by atoms with Gasteiger partial charge in [0.05, 0.1) is 0 Å². The van der Waals surface area contributed by atoms with E-state index in [1.807, 2.05) is 0 Å². The lowest BCUT2D eigenvalue weighted by molar-refractivity contribution is 0.112. The molecule has 2 heteroatoms. The predicted octanol–water partition coefficient (Wildman–Crippen LogP) is 7.58. The highest BCUT2D eigenvalue weighted by molar-refractivity contribution is 5.39. The van der Waals surface area contributed by atoms with Crippen LogP contribution in [0.15, 0.2) is 6.07 Å². The van der Waals surface area contributed by atoms with Crippen molar-refractivity contribution in [1.29, 1.82) is 0 Å². The average Bonchev–Trinajstić information content (AvgIpc) is 2.67. The van der Waals surface area contributed by atoms with Gasteiger partial charge in [-0.05, 0) is 98.1 Å². The molecule has 1 aromatic rings. The Morgan fingerprint density at radius 1 is 0.926 bits per heavy atom. The highest BCUT2D eigenvalue weighted by atomic mass is 19.1. The standard InChI is InChI=1S/C25H36F2/c1-3-5-17-6-8-19-14-20(10-9-18(19)13-17)24-23(26)15-21-12-16(4-2)7-11-22(21)25(24)27/h15-20H,3-14H2,1-2H3. The zero-order valence-corrected chi connectivity index (χ0v) is 17.2. The maximum Gasteiger partial charge on any atom is 0.133 e. The third kappa shape index (κ3) is 3.83. The molecule has 0 radical (unpaired) electrons. The third-order valence-corrected chi connectivity index (χ3v) is 8.16. The van der Waals surface area contributed by atoms with Crippen molar-refractivity contribution in [2.75, 3.05) is 0 Å². The van der Waals surface area contributed by atoms with Crippen LogP contribution in [0.3, 0.4) is 0 Å². The predicted molar refractivity (Wildman–Crippen MR) is 108 cm³/mol. The Morgan fingerprint density at radius 2 is 1.70 bits per heavy atom. The summed E-state index contributed by atoms with van der Waals surface area (Å²) in [5.74, 6) is 2.65. The van der Waals surface area contributed by atoms with Gasteiger partial charge in [0, 0.05) is 5.56 Å². The molecule has 0 saturated heterocycles. The first-order valence-electron chi connectivity index (χ1n) is 11.6. The fourth-order valence-electron chi connectivity index (χ4n) is 6.58. The second-order valence-electron chi connectivity index (χ2n) is 9.74. The number of halogens is 2. The molecule has 0 heterocycles. The van der Waals surface area contributed by atoms with Gasteiger partial charge >= 0.3 is 0 Å². The fraction of sp³-hybridized carbons (Fsp3) is 0.760. The molecule has 150 valence electrons. The Bertz CT molecular complexity index is 665. The van der Waals surface area contributed by atoms with Gasteiger partial charge in [-0.15, -0.1) is 0 Å². The average molecular weight is 375 g/mol. The maximum atomic E-state index is 15.4. The zero-order chi connectivity index (χ0) is 19.0. The van der Waals surface area contributed by atoms with Gasteiger partial charge in [-0.2, -0.15) is 0 Å². The number of benzene rings is 1. The van der Waals surface area contributed by atoms with Crippen molar-refractivity contribution in [1.82, 2.24) is 0 Å². The van der Waals surface area contributed by atoms with Crippen LogP contribution >= 0.6 is 0 Å². The minimum atomic E-state index is -0.258. The summed E-state index contributed by atoms with van der Waals surface area (Å²) in [5.41, 5.74) is 2.23. The molecular formula is C25H36F2. The van der Waals surface area contributed by atoms with Crippen LogP contribution in [-0.4, -0.2) is 0 Å². The van der Waals surface area contributed by atoms with Gasteiger partial charge in [0.15, 0.2) is 0 Å². The molecule has 2 saturated carbocycles. The van der Waals surface area contributed by atoms with Crippen molar-refractivity contribution in [2.24, 2.45) is 23.7 Å². The number of hydrogen-bond acceptors (Lipinski definition) is 0. The molecule has 1 aromatic carbocycles. The molecule has 0 bridgehead atoms. The van der Waals surface area contributed by atoms with Crippen molar-refractivity contribution < 1.29 is 8.78 Å². The molecule has 0 aliphatic heterocycles. The summed E-state index contributed by atoms with van der Waals surface area (Å²) < 4.78 is 30.4. The Hall–Kier alpha value is -0.920. The summed E-state index contributed by atoms with van der Waals surface area (Å²) in [7, 11) is 0. The van der Waals surface area contributed by atoms with Crippen molar-refractivity contribution >= 4 is 0 Å². The normalized spacial score (nSPS) is 33.4. The molecule has 0 amide bonds. The van der Waals surface area contributed by atoms with Crippen LogP contribution in [0.1, 0.15) is 101 Å². The van der Waals surface area contributed by atoms with E-state index in [0.29, 0.717) is 17.4 Å². The van der Waals surface area contributed by atoms with E-state index in [-0.39, 0.29) is 17.6 Å². The molecule has 3 aliphatic carbocycles. The van der Waals surface area contributed by atoms with E-state index < -0.39 is 0 Å². The second-order valence-corrected chi connectivity index (χ2v) is 9.74. The lowest BCUT2D eigenvalue weighted by atomic mass is 9.63. The summed E-state index contributed by atoms with van der Waals surface area (Å²) in [4.78, 5) is 0. The van der Waals surface area contributed by atoms with Crippen LogP contribution in [-0.2, 0) is 12.8 Å². The molecule has 4 rings (SSSR count). The van der Waals surface area contributed by atoms with E-state index >= 15 is 8.78 Å². The molecule has 27 heavy (non-hydrogen) atoms. The molecule has 5 unspecified atom stereocenters. The molecule has 0 aromatic heterocycles. The van der Waals surface area contributed by atoms with E-state index in [2.05, 4.69) is 13.8 Å². The first-order valence-corrected chi connectivity index (χ1v) is 11.6. The van der Waals surface area contributed by atoms with Crippen molar-refractivity contribution in [3.05, 3.63) is 34.4 Å². The highest BCUT2D eigenvalue weighted by Crippen LogP contribution is 2.49. The largest absolute Gasteiger partial charge is 0.207 e. The van der Waals surface area contributed by atoms with E-state index in [1.54, 1.807) is 6.07 Å². The number of fused-ring (bicyclic) bond motifs is 2. The van der Waals surface area contributed by atoms with Gasteiger partial charge in [0.2, 0.25) is 0 Å². The van der Waals surface area contributed by atoms with Crippen LogP contribution in [0.2, 0.25) is 0 Å². The molecule has 0 N–H and O–H groups in total. The Kier molecular flexibility index (Phi) is 5.90. The quantitative estimate of drug-likeness (QED) is 0.509. The number of rotatable bonds is 4. The van der Waals surface area contributed by atoms with Gasteiger partial charge in [-0.3, -0.25) is 0 Å². The summed E-state index contributed by atoms with van der Waals surface area (Å²) in [5, 5.41) is 0. The van der Waals surface area contributed by atoms with Crippen molar-refractivity contribution in [3.8, 4) is 0 Å². The van der Waals surface area contributed by atoms with Crippen molar-refractivity contribution in [3.63, 3.8) is 0 Å². The lowest BCUT2D eigenvalue weighted by Crippen LogP contribution is -2.31. The van der Waals surface area contributed by atoms with Crippen LogP contribution in [0.25, 0.3) is 0 Å². The van der Waals surface area contributed by atoms with E-state index in [1.165, 1.54) is 38.5 Å². The van der Waals surface area contributed by atoms with Gasteiger partial charge < -0.3 is 0 Å². The number of hydrogen-bond donors (Lipinski definition) is 0. The van der Waals surface area contributed by atoms with E-state index in [4.69, 9.17) is 0 Å². The van der Waals surface area contributed by atoms with Crippen molar-refractivity contribution in [2.45, 2.75) is 96.8 Å². The molecule has 5 atom stereocenters. The molecule has 3 aliphatic rings. The maximum absolute atomic E-state index is 15.4. The van der Waals surface area contributed by atoms with Crippen LogP contribution < -0.4 is 0 Å². The molecule has 0 spiro atoms. The Morgan fingerprint density at radius 3 is 2.48 bits per heavy atom. The molecular weight excluding hydrogens is 338 g/mol. The summed E-state index contributed by atoms with van der Waals surface area (Å²) >= 11 is 0. The smallest absolute Gasteiger partial charge is 0.133 e. The van der Waals surface area contributed by atoms with Gasteiger partial charge in [0.25, 0.3) is 0 Å². The van der Waals surface area contributed by atoms with Crippen LogP contribution in [0.4, 0.5) is 8.78 Å². The highest BCUT2D eigenvalue weighted by Gasteiger charge is 2.38. The third-order valence-electron chi connectivity index (χ3n) is 8.16. The van der Waals surface area contributed by atoms with Gasteiger partial charge in [0.1, 0.15) is 11.6 Å². The lowest BCUT2D eigenvalue weighted by Gasteiger charge is -2.42. The molecule has 0 nitrogen and oxygen atoms in total. The second kappa shape index (κ2) is 8.21. The summed E-state index contributed by atoms with van der Waals surface area (Å²) in [6, 6.07) is 1.69. The summed E-state index contributed by atoms with van der Waals surface area (Å²) in [6.45, 7) is 4.47. The van der Waals surface area contributed by atoms with Crippen LogP contribution in [0, 0.1) is 35.3 Å². The first kappa shape index (κ1) is 19.4. The molecule has 2 fully saturated rings. The first-order chi connectivity index (χ1) is 13.1. The van der Waals surface area contributed by atoms with Gasteiger partial charge in [-0.25, -0.2) is 8.78 Å². The fourth-order valence-corrected chi connectivity index (χ4v) is 6.58. The van der Waals surface area contributed by atoms with Crippen LogP contribution in [0.5, 0.6) is 0 Å². The van der Waals surface area contributed by atoms with E-state index in [9.17, 15) is 0 Å². The summed E-state index contributed by atoms with van der Waals surface area (Å²) in [6.07, 6.45) is 13.6.